The number of hydrogen-bond acceptors (Lipinski definition) is 2. The molecule has 0 aliphatic heterocycles. The third kappa shape index (κ3) is 2.76. The molecule has 0 aromatic rings. The van der Waals surface area contributed by atoms with Crippen molar-refractivity contribution in [2.45, 2.75) is 57.7 Å². The fourth-order valence-electron chi connectivity index (χ4n) is 1.72. The van der Waals surface area contributed by atoms with Crippen LogP contribution in [0.15, 0.2) is 0 Å². The Hall–Kier alpha value is -0.0800. The van der Waals surface area contributed by atoms with Gasteiger partial charge in [-0.15, -0.1) is 0 Å². The van der Waals surface area contributed by atoms with Crippen LogP contribution in [0.5, 0.6) is 0 Å². The van der Waals surface area contributed by atoms with Gasteiger partial charge in [-0.05, 0) is 18.8 Å². The topological polar surface area (TPSA) is 40.5 Å². The van der Waals surface area contributed by atoms with Gasteiger partial charge in [-0.25, -0.2) is 0 Å². The molecule has 72 valence electrons. The van der Waals surface area contributed by atoms with Gasteiger partial charge in [0.15, 0.2) is 0 Å². The van der Waals surface area contributed by atoms with Crippen LogP contribution in [0.1, 0.15) is 45.4 Å². The van der Waals surface area contributed by atoms with Crippen molar-refractivity contribution >= 4 is 0 Å². The SMILES string of the molecule is CCCC(O)C(O)CC1CCC1. The normalized spacial score (nSPS) is 23.2. The lowest BCUT2D eigenvalue weighted by Crippen LogP contribution is -2.30. The average molecular weight is 172 g/mol. The maximum atomic E-state index is 9.53. The highest BCUT2D eigenvalue weighted by Crippen LogP contribution is 2.31. The first-order valence-electron chi connectivity index (χ1n) is 5.10. The van der Waals surface area contributed by atoms with E-state index in [4.69, 9.17) is 0 Å². The van der Waals surface area contributed by atoms with Crippen molar-refractivity contribution < 1.29 is 10.2 Å². The summed E-state index contributed by atoms with van der Waals surface area (Å²) < 4.78 is 0. The van der Waals surface area contributed by atoms with Crippen molar-refractivity contribution in [3.63, 3.8) is 0 Å². The van der Waals surface area contributed by atoms with Crippen molar-refractivity contribution in [3.05, 3.63) is 0 Å². The van der Waals surface area contributed by atoms with Gasteiger partial charge in [-0.2, -0.15) is 0 Å². The zero-order valence-corrected chi connectivity index (χ0v) is 7.87. The van der Waals surface area contributed by atoms with E-state index in [1.54, 1.807) is 0 Å². The Morgan fingerprint density at radius 3 is 2.33 bits per heavy atom. The molecule has 2 unspecified atom stereocenters. The zero-order valence-electron chi connectivity index (χ0n) is 7.87. The monoisotopic (exact) mass is 172 g/mol. The van der Waals surface area contributed by atoms with Gasteiger partial charge in [0.1, 0.15) is 0 Å². The standard InChI is InChI=1S/C10H20O2/c1-2-4-9(11)10(12)7-8-5-3-6-8/h8-12H,2-7H2,1H3. The first kappa shape index (κ1) is 10.0. The number of aliphatic hydroxyl groups excluding tert-OH is 2. The van der Waals surface area contributed by atoms with Crippen LogP contribution in [0.25, 0.3) is 0 Å². The van der Waals surface area contributed by atoms with E-state index in [2.05, 4.69) is 0 Å². The van der Waals surface area contributed by atoms with E-state index in [1.807, 2.05) is 6.92 Å². The Labute approximate surface area is 74.6 Å². The van der Waals surface area contributed by atoms with Gasteiger partial charge in [-0.1, -0.05) is 32.6 Å². The lowest BCUT2D eigenvalue weighted by atomic mass is 9.80. The first-order valence-corrected chi connectivity index (χ1v) is 5.10. The van der Waals surface area contributed by atoms with Crippen LogP contribution in [0, 0.1) is 5.92 Å². The third-order valence-corrected chi connectivity index (χ3v) is 2.83. The van der Waals surface area contributed by atoms with Crippen molar-refractivity contribution in [1.29, 1.82) is 0 Å². The summed E-state index contributed by atoms with van der Waals surface area (Å²) in [6.07, 6.45) is 5.32. The average Bonchev–Trinajstić information content (AvgIpc) is 1.97. The molecule has 2 heteroatoms. The molecule has 0 aromatic heterocycles. The predicted octanol–water partition coefficient (Wildman–Crippen LogP) is 1.70. The molecule has 0 heterocycles. The lowest BCUT2D eigenvalue weighted by molar-refractivity contribution is -0.00696. The minimum Gasteiger partial charge on any atom is -0.390 e. The molecule has 12 heavy (non-hydrogen) atoms. The predicted molar refractivity (Wildman–Crippen MR) is 48.9 cm³/mol. The summed E-state index contributed by atoms with van der Waals surface area (Å²) in [5.41, 5.74) is 0. The molecule has 1 fully saturated rings. The molecule has 0 spiro atoms. The van der Waals surface area contributed by atoms with Crippen molar-refractivity contribution in [2.24, 2.45) is 5.92 Å². The molecule has 0 amide bonds. The molecule has 0 radical (unpaired) electrons. The van der Waals surface area contributed by atoms with Gasteiger partial charge < -0.3 is 10.2 Å². The van der Waals surface area contributed by atoms with Gasteiger partial charge in [-0.3, -0.25) is 0 Å². The van der Waals surface area contributed by atoms with Crippen LogP contribution in [0.4, 0.5) is 0 Å². The van der Waals surface area contributed by atoms with Crippen molar-refractivity contribution in [3.8, 4) is 0 Å². The fourth-order valence-corrected chi connectivity index (χ4v) is 1.72. The summed E-state index contributed by atoms with van der Waals surface area (Å²) in [6.45, 7) is 2.03. The van der Waals surface area contributed by atoms with E-state index in [0.717, 1.165) is 19.3 Å². The highest BCUT2D eigenvalue weighted by atomic mass is 16.3. The van der Waals surface area contributed by atoms with Crippen LogP contribution in [-0.4, -0.2) is 22.4 Å². The molecule has 0 aromatic carbocycles. The van der Waals surface area contributed by atoms with Crippen LogP contribution < -0.4 is 0 Å². The Kier molecular flexibility index (Phi) is 4.02. The Morgan fingerprint density at radius 1 is 1.25 bits per heavy atom. The highest BCUT2D eigenvalue weighted by molar-refractivity contribution is 4.76. The summed E-state index contributed by atoms with van der Waals surface area (Å²) in [5.74, 6) is 0.687. The molecule has 1 aliphatic carbocycles. The molecule has 0 bridgehead atoms. The quantitative estimate of drug-likeness (QED) is 0.662. The van der Waals surface area contributed by atoms with E-state index in [-0.39, 0.29) is 0 Å². The second-order valence-electron chi connectivity index (χ2n) is 3.96. The second kappa shape index (κ2) is 4.83. The Morgan fingerprint density at radius 2 is 1.92 bits per heavy atom. The van der Waals surface area contributed by atoms with Gasteiger partial charge in [0.05, 0.1) is 12.2 Å². The molecular formula is C10H20O2. The van der Waals surface area contributed by atoms with Crippen LogP contribution >= 0.6 is 0 Å². The van der Waals surface area contributed by atoms with Crippen molar-refractivity contribution in [2.75, 3.05) is 0 Å². The Bertz CT molecular complexity index is 121. The molecule has 1 saturated carbocycles. The number of hydrogen-bond donors (Lipinski definition) is 2. The molecule has 1 aliphatic rings. The largest absolute Gasteiger partial charge is 0.390 e. The van der Waals surface area contributed by atoms with Crippen LogP contribution in [0.3, 0.4) is 0 Å². The molecule has 1 rings (SSSR count). The molecule has 0 saturated heterocycles. The van der Waals surface area contributed by atoms with Gasteiger partial charge in [0.2, 0.25) is 0 Å². The lowest BCUT2D eigenvalue weighted by Gasteiger charge is -2.29. The van der Waals surface area contributed by atoms with Gasteiger partial charge >= 0.3 is 0 Å². The zero-order chi connectivity index (χ0) is 8.97. The maximum absolute atomic E-state index is 9.53. The molecule has 2 N–H and O–H groups in total. The van der Waals surface area contributed by atoms with E-state index in [1.165, 1.54) is 19.3 Å². The second-order valence-corrected chi connectivity index (χ2v) is 3.96. The van der Waals surface area contributed by atoms with Gasteiger partial charge in [0, 0.05) is 0 Å². The minimum absolute atomic E-state index is 0.477. The summed E-state index contributed by atoms with van der Waals surface area (Å²) in [7, 11) is 0. The number of aliphatic hydroxyl groups is 2. The molecular weight excluding hydrogens is 152 g/mol. The molecule has 2 nitrogen and oxygen atoms in total. The summed E-state index contributed by atoms with van der Waals surface area (Å²) in [4.78, 5) is 0. The maximum Gasteiger partial charge on any atom is 0.0801 e. The van der Waals surface area contributed by atoms with Crippen LogP contribution in [0.2, 0.25) is 0 Å². The van der Waals surface area contributed by atoms with E-state index < -0.39 is 12.2 Å². The van der Waals surface area contributed by atoms with Gasteiger partial charge in [0.25, 0.3) is 0 Å². The summed E-state index contributed by atoms with van der Waals surface area (Å²) >= 11 is 0. The Balaban J connectivity index is 2.12. The first-order chi connectivity index (χ1) is 5.74. The van der Waals surface area contributed by atoms with E-state index in [0.29, 0.717) is 5.92 Å². The van der Waals surface area contributed by atoms with Crippen LogP contribution in [-0.2, 0) is 0 Å². The molecule has 2 atom stereocenters. The summed E-state index contributed by atoms with van der Waals surface area (Å²) in [5, 5.41) is 19.0. The van der Waals surface area contributed by atoms with E-state index in [9.17, 15) is 10.2 Å². The number of rotatable bonds is 5. The fraction of sp³-hybridized carbons (Fsp3) is 1.00. The van der Waals surface area contributed by atoms with Crippen molar-refractivity contribution in [1.82, 2.24) is 0 Å². The highest BCUT2D eigenvalue weighted by Gasteiger charge is 2.24. The third-order valence-electron chi connectivity index (χ3n) is 2.83. The smallest absolute Gasteiger partial charge is 0.0801 e. The van der Waals surface area contributed by atoms with E-state index >= 15 is 0 Å². The summed E-state index contributed by atoms with van der Waals surface area (Å²) in [6, 6.07) is 0. The minimum atomic E-state index is -0.490.